The molecule has 22 heavy (non-hydrogen) atoms. The quantitative estimate of drug-likeness (QED) is 0.736. The van der Waals surface area contributed by atoms with E-state index >= 15 is 0 Å². The third-order valence-electron chi connectivity index (χ3n) is 3.41. The molecule has 2 aromatic rings. The molecule has 1 atom stereocenters. The van der Waals surface area contributed by atoms with E-state index in [0.29, 0.717) is 19.4 Å². The number of aryl methyl sites for hydroxylation is 1. The number of benzene rings is 1. The largest absolute Gasteiger partial charge is 0.387 e. The van der Waals surface area contributed by atoms with Crippen LogP contribution in [0.25, 0.3) is 0 Å². The normalized spacial score (nSPS) is 12.1. The Morgan fingerprint density at radius 3 is 2.73 bits per heavy atom. The van der Waals surface area contributed by atoms with Crippen molar-refractivity contribution in [1.82, 2.24) is 9.88 Å². The van der Waals surface area contributed by atoms with Crippen LogP contribution >= 0.6 is 11.8 Å². The molecule has 0 spiro atoms. The molecule has 5 heteroatoms. The van der Waals surface area contributed by atoms with Gasteiger partial charge in [-0.3, -0.25) is 4.79 Å². The van der Waals surface area contributed by atoms with Crippen molar-refractivity contribution >= 4 is 17.7 Å². The molecule has 1 heterocycles. The van der Waals surface area contributed by atoms with Gasteiger partial charge in [-0.1, -0.05) is 18.2 Å². The Bertz CT molecular complexity index is 583. The molecule has 4 nitrogen and oxygen atoms in total. The molecule has 2 rings (SSSR count). The lowest BCUT2D eigenvalue weighted by Gasteiger charge is -2.12. The first-order valence-corrected chi connectivity index (χ1v) is 8.39. The summed E-state index contributed by atoms with van der Waals surface area (Å²) in [6.45, 7) is 0.487. The minimum atomic E-state index is -0.543. The van der Waals surface area contributed by atoms with Crippen molar-refractivity contribution < 1.29 is 9.90 Å². The maximum Gasteiger partial charge on any atom is 0.220 e. The molecule has 0 aliphatic carbocycles. The van der Waals surface area contributed by atoms with E-state index in [-0.39, 0.29) is 5.91 Å². The number of thioether (sulfide) groups is 1. The summed E-state index contributed by atoms with van der Waals surface area (Å²) in [6, 6.07) is 13.8. The Hall–Kier alpha value is -1.72. The molecule has 1 unspecified atom stereocenters. The molecule has 1 amide bonds. The molecule has 0 bridgehead atoms. The summed E-state index contributed by atoms with van der Waals surface area (Å²) in [7, 11) is 1.90. The zero-order valence-corrected chi connectivity index (χ0v) is 13.6. The molecule has 0 saturated carbocycles. The number of hydrogen-bond acceptors (Lipinski definition) is 3. The number of aromatic nitrogens is 1. The van der Waals surface area contributed by atoms with Crippen molar-refractivity contribution in [2.75, 3.05) is 12.3 Å². The highest BCUT2D eigenvalue weighted by Crippen LogP contribution is 2.18. The van der Waals surface area contributed by atoms with E-state index < -0.39 is 6.10 Å². The predicted molar refractivity (Wildman–Crippen MR) is 89.8 cm³/mol. The lowest BCUT2D eigenvalue weighted by atomic mass is 10.2. The number of nitrogens with zero attached hydrogens (tertiary/aromatic N) is 1. The summed E-state index contributed by atoms with van der Waals surface area (Å²) in [5.41, 5.74) is 0.869. The van der Waals surface area contributed by atoms with Crippen LogP contribution < -0.4 is 5.32 Å². The summed E-state index contributed by atoms with van der Waals surface area (Å²) in [6.07, 6.45) is 2.37. The van der Waals surface area contributed by atoms with Gasteiger partial charge in [0, 0.05) is 42.6 Å². The maximum atomic E-state index is 11.8. The van der Waals surface area contributed by atoms with Gasteiger partial charge in [0.1, 0.15) is 0 Å². The lowest BCUT2D eigenvalue weighted by Crippen LogP contribution is -2.26. The highest BCUT2D eigenvalue weighted by molar-refractivity contribution is 7.99. The fraction of sp³-hybridized carbons (Fsp3) is 0.353. The monoisotopic (exact) mass is 318 g/mol. The van der Waals surface area contributed by atoms with Crippen LogP contribution in [0.3, 0.4) is 0 Å². The third-order valence-corrected chi connectivity index (χ3v) is 4.42. The zero-order chi connectivity index (χ0) is 15.8. The second-order valence-corrected chi connectivity index (χ2v) is 6.28. The summed E-state index contributed by atoms with van der Waals surface area (Å²) in [5.74, 6) is 0.790. The van der Waals surface area contributed by atoms with Crippen LogP contribution in [-0.2, 0) is 11.8 Å². The molecule has 1 aromatic heterocycles. The van der Waals surface area contributed by atoms with Crippen LogP contribution in [0.4, 0.5) is 0 Å². The lowest BCUT2D eigenvalue weighted by molar-refractivity contribution is -0.120. The van der Waals surface area contributed by atoms with Crippen molar-refractivity contribution in [2.45, 2.75) is 23.8 Å². The van der Waals surface area contributed by atoms with E-state index in [0.717, 1.165) is 11.4 Å². The Morgan fingerprint density at radius 2 is 2.05 bits per heavy atom. The molecular weight excluding hydrogens is 296 g/mol. The fourth-order valence-electron chi connectivity index (χ4n) is 2.18. The number of amides is 1. The number of aliphatic hydroxyl groups excluding tert-OH is 1. The Balaban J connectivity index is 1.61. The van der Waals surface area contributed by atoms with E-state index in [9.17, 15) is 9.90 Å². The van der Waals surface area contributed by atoms with E-state index in [1.807, 2.05) is 60.3 Å². The van der Waals surface area contributed by atoms with Crippen molar-refractivity contribution in [3.8, 4) is 0 Å². The molecule has 0 saturated heterocycles. The highest BCUT2D eigenvalue weighted by Gasteiger charge is 2.10. The summed E-state index contributed by atoms with van der Waals surface area (Å²) in [4.78, 5) is 12.9. The second-order valence-electron chi connectivity index (χ2n) is 5.11. The number of aliphatic hydroxyl groups is 1. The summed E-state index contributed by atoms with van der Waals surface area (Å²) in [5, 5.41) is 12.9. The zero-order valence-electron chi connectivity index (χ0n) is 12.7. The first-order valence-electron chi connectivity index (χ1n) is 7.40. The van der Waals surface area contributed by atoms with Gasteiger partial charge in [0.2, 0.25) is 5.91 Å². The van der Waals surface area contributed by atoms with Crippen molar-refractivity contribution in [2.24, 2.45) is 7.05 Å². The van der Waals surface area contributed by atoms with Gasteiger partial charge in [0.25, 0.3) is 0 Å². The molecule has 0 radical (unpaired) electrons. The van der Waals surface area contributed by atoms with Gasteiger partial charge in [0.15, 0.2) is 0 Å². The molecular formula is C17H22N2O2S. The van der Waals surface area contributed by atoms with Crippen LogP contribution in [0, 0.1) is 0 Å². The van der Waals surface area contributed by atoms with Crippen molar-refractivity contribution in [1.29, 1.82) is 0 Å². The SMILES string of the molecule is Cn1cccc1C(O)CCNC(=O)CCSc1ccccc1. The first-order chi connectivity index (χ1) is 10.7. The van der Waals surface area contributed by atoms with E-state index in [4.69, 9.17) is 0 Å². The molecule has 0 aliphatic rings. The minimum Gasteiger partial charge on any atom is -0.387 e. The fourth-order valence-corrected chi connectivity index (χ4v) is 3.06. The molecule has 0 fully saturated rings. The van der Waals surface area contributed by atoms with Crippen molar-refractivity contribution in [3.63, 3.8) is 0 Å². The smallest absolute Gasteiger partial charge is 0.220 e. The Morgan fingerprint density at radius 1 is 1.27 bits per heavy atom. The van der Waals surface area contributed by atoms with E-state index in [1.165, 1.54) is 4.90 Å². The number of hydrogen-bond donors (Lipinski definition) is 2. The standard InChI is InChI=1S/C17H22N2O2S/c1-19-12-5-8-15(19)16(20)9-11-18-17(21)10-13-22-14-6-3-2-4-7-14/h2-8,12,16,20H,9-11,13H2,1H3,(H,18,21). The highest BCUT2D eigenvalue weighted by atomic mass is 32.2. The maximum absolute atomic E-state index is 11.8. The average Bonchev–Trinajstić information content (AvgIpc) is 2.94. The van der Waals surface area contributed by atoms with Gasteiger partial charge in [-0.05, 0) is 30.7 Å². The Labute approximate surface area is 135 Å². The number of rotatable bonds is 8. The van der Waals surface area contributed by atoms with Crippen LogP contribution in [0.2, 0.25) is 0 Å². The van der Waals surface area contributed by atoms with Crippen molar-refractivity contribution in [3.05, 3.63) is 54.4 Å². The van der Waals surface area contributed by atoms with Gasteiger partial charge < -0.3 is 15.0 Å². The number of nitrogens with one attached hydrogen (secondary N) is 1. The van der Waals surface area contributed by atoms with Gasteiger partial charge in [-0.25, -0.2) is 0 Å². The molecule has 1 aromatic carbocycles. The average molecular weight is 318 g/mol. The molecule has 118 valence electrons. The van der Waals surface area contributed by atoms with Gasteiger partial charge in [-0.2, -0.15) is 0 Å². The number of carbonyl (C=O) groups is 1. The van der Waals surface area contributed by atoms with Crippen LogP contribution in [0.5, 0.6) is 0 Å². The molecule has 2 N–H and O–H groups in total. The van der Waals surface area contributed by atoms with Gasteiger partial charge in [0.05, 0.1) is 6.10 Å². The predicted octanol–water partition coefficient (Wildman–Crippen LogP) is 2.75. The van der Waals surface area contributed by atoms with Crippen LogP contribution in [0.1, 0.15) is 24.6 Å². The first kappa shape index (κ1) is 16.6. The number of carbonyl (C=O) groups excluding carboxylic acids is 1. The van der Waals surface area contributed by atoms with E-state index in [2.05, 4.69) is 5.32 Å². The minimum absolute atomic E-state index is 0.0301. The Kier molecular flexibility index (Phi) is 6.55. The van der Waals surface area contributed by atoms with E-state index in [1.54, 1.807) is 11.8 Å². The topological polar surface area (TPSA) is 54.3 Å². The molecule has 0 aliphatic heterocycles. The summed E-state index contributed by atoms with van der Waals surface area (Å²) >= 11 is 1.67. The van der Waals surface area contributed by atoms with Crippen LogP contribution in [-0.4, -0.2) is 27.9 Å². The third kappa shape index (κ3) is 5.24. The van der Waals surface area contributed by atoms with Gasteiger partial charge in [-0.15, -0.1) is 11.8 Å². The second kappa shape index (κ2) is 8.66. The summed E-state index contributed by atoms with van der Waals surface area (Å²) < 4.78 is 1.89. The van der Waals surface area contributed by atoms with Gasteiger partial charge >= 0.3 is 0 Å². The van der Waals surface area contributed by atoms with Crippen LogP contribution in [0.15, 0.2) is 53.6 Å².